The molecule has 0 saturated carbocycles. The smallest absolute Gasteiger partial charge is 0.261 e. The van der Waals surface area contributed by atoms with Crippen LogP contribution in [0.3, 0.4) is 0 Å². The van der Waals surface area contributed by atoms with Gasteiger partial charge in [-0.25, -0.2) is 12.8 Å². The lowest BCUT2D eigenvalue weighted by molar-refractivity contribution is 0.601. The first-order valence-corrected chi connectivity index (χ1v) is 8.71. The van der Waals surface area contributed by atoms with Crippen LogP contribution in [0.2, 0.25) is 5.02 Å². The molecule has 0 atom stereocenters. The molecule has 3 nitrogen and oxygen atoms in total. The highest BCUT2D eigenvalue weighted by molar-refractivity contribution is 7.92. The molecule has 0 spiro atoms. The number of halogens is 2. The third-order valence-corrected chi connectivity index (χ3v) is 4.74. The zero-order valence-electron chi connectivity index (χ0n) is 12.3. The van der Waals surface area contributed by atoms with E-state index in [0.717, 1.165) is 18.1 Å². The summed E-state index contributed by atoms with van der Waals surface area (Å²) in [4.78, 5) is 0.153. The van der Waals surface area contributed by atoms with Gasteiger partial charge in [-0.1, -0.05) is 37.6 Å². The fraction of sp³-hybridized carbons (Fsp3) is 0.250. The third-order valence-electron chi connectivity index (χ3n) is 3.05. The van der Waals surface area contributed by atoms with Gasteiger partial charge < -0.3 is 0 Å². The van der Waals surface area contributed by atoms with Gasteiger partial charge in [-0.2, -0.15) is 0 Å². The molecule has 0 aliphatic carbocycles. The van der Waals surface area contributed by atoms with Crippen molar-refractivity contribution in [1.29, 1.82) is 0 Å². The van der Waals surface area contributed by atoms with E-state index in [0.29, 0.717) is 5.92 Å². The summed E-state index contributed by atoms with van der Waals surface area (Å²) in [5, 5.41) is -0.132. The number of anilines is 1. The lowest BCUT2D eigenvalue weighted by atomic mass is 10.0. The van der Waals surface area contributed by atoms with Crippen molar-refractivity contribution < 1.29 is 12.8 Å². The quantitative estimate of drug-likeness (QED) is 0.871. The molecule has 2 aromatic carbocycles. The van der Waals surface area contributed by atoms with Crippen molar-refractivity contribution in [2.45, 2.75) is 25.2 Å². The first-order chi connectivity index (χ1) is 10.3. The number of sulfonamides is 1. The summed E-state index contributed by atoms with van der Waals surface area (Å²) in [6.07, 6.45) is 0.890. The van der Waals surface area contributed by atoms with Crippen molar-refractivity contribution in [3.8, 4) is 0 Å². The van der Waals surface area contributed by atoms with E-state index in [1.165, 1.54) is 12.1 Å². The minimum Gasteiger partial charge on any atom is -0.280 e. The molecule has 0 radical (unpaired) electrons. The van der Waals surface area contributed by atoms with Crippen molar-refractivity contribution >= 4 is 27.3 Å². The van der Waals surface area contributed by atoms with E-state index in [1.807, 2.05) is 0 Å². The Labute approximate surface area is 135 Å². The molecule has 118 valence electrons. The molecule has 0 fully saturated rings. The second kappa shape index (κ2) is 6.67. The number of hydrogen-bond donors (Lipinski definition) is 1. The fourth-order valence-electron chi connectivity index (χ4n) is 2.05. The van der Waals surface area contributed by atoms with E-state index in [2.05, 4.69) is 18.6 Å². The molecule has 6 heteroatoms. The molecule has 0 aliphatic rings. The summed E-state index contributed by atoms with van der Waals surface area (Å²) in [5.74, 6) is -0.0930. The zero-order valence-corrected chi connectivity index (χ0v) is 13.9. The van der Waals surface area contributed by atoms with Crippen LogP contribution < -0.4 is 4.72 Å². The molecule has 22 heavy (non-hydrogen) atoms. The van der Waals surface area contributed by atoms with Crippen LogP contribution in [0, 0.1) is 11.7 Å². The number of rotatable bonds is 5. The highest BCUT2D eigenvalue weighted by Gasteiger charge is 2.15. The van der Waals surface area contributed by atoms with Crippen LogP contribution in [0.1, 0.15) is 19.4 Å². The van der Waals surface area contributed by atoms with Crippen LogP contribution in [0.15, 0.2) is 47.4 Å². The molecule has 2 rings (SSSR count). The van der Waals surface area contributed by atoms with Crippen molar-refractivity contribution in [1.82, 2.24) is 0 Å². The van der Waals surface area contributed by atoms with Crippen molar-refractivity contribution in [2.24, 2.45) is 5.92 Å². The molecule has 0 amide bonds. The lowest BCUT2D eigenvalue weighted by Gasteiger charge is -2.10. The molecule has 2 aromatic rings. The molecule has 0 heterocycles. The topological polar surface area (TPSA) is 46.2 Å². The van der Waals surface area contributed by atoms with Crippen LogP contribution in [0.5, 0.6) is 0 Å². The van der Waals surface area contributed by atoms with Crippen molar-refractivity contribution in [3.05, 3.63) is 58.9 Å². The van der Waals surface area contributed by atoms with Gasteiger partial charge in [-0.05, 0) is 48.2 Å². The Bertz CT molecular complexity index is 758. The summed E-state index contributed by atoms with van der Waals surface area (Å²) in [5.41, 5.74) is 1.30. The van der Waals surface area contributed by atoms with Gasteiger partial charge in [-0.3, -0.25) is 4.72 Å². The predicted molar refractivity (Wildman–Crippen MR) is 87.2 cm³/mol. The summed E-state index contributed by atoms with van der Waals surface area (Å²) < 4.78 is 40.0. The van der Waals surface area contributed by atoms with Crippen molar-refractivity contribution in [2.75, 3.05) is 4.72 Å². The van der Waals surface area contributed by atoms with E-state index >= 15 is 0 Å². The van der Waals surface area contributed by atoms with Crippen LogP contribution in [0.25, 0.3) is 0 Å². The standard InChI is InChI=1S/C16H17ClFNO2S/c1-11(2)9-12-3-6-14(7-4-12)22(20,21)19-13-5-8-16(18)15(17)10-13/h3-8,10-11,19H,9H2,1-2H3. The van der Waals surface area contributed by atoms with Crippen molar-refractivity contribution in [3.63, 3.8) is 0 Å². The number of benzene rings is 2. The molecular formula is C16H17ClFNO2S. The summed E-state index contributed by atoms with van der Waals surface area (Å²) >= 11 is 5.65. The zero-order chi connectivity index (χ0) is 16.3. The Hall–Kier alpha value is -1.59. The minimum absolute atomic E-state index is 0.132. The lowest BCUT2D eigenvalue weighted by Crippen LogP contribution is -2.13. The largest absolute Gasteiger partial charge is 0.280 e. The second-order valence-electron chi connectivity index (χ2n) is 5.48. The average Bonchev–Trinajstić information content (AvgIpc) is 2.42. The van der Waals surface area contributed by atoms with E-state index in [-0.39, 0.29) is 15.6 Å². The minimum atomic E-state index is -3.72. The maximum Gasteiger partial charge on any atom is 0.261 e. The van der Waals surface area contributed by atoms with E-state index in [4.69, 9.17) is 11.6 Å². The summed E-state index contributed by atoms with van der Waals surface area (Å²) in [6.45, 7) is 4.20. The van der Waals surface area contributed by atoms with Crippen LogP contribution in [0.4, 0.5) is 10.1 Å². The Morgan fingerprint density at radius 2 is 1.77 bits per heavy atom. The van der Waals surface area contributed by atoms with E-state index in [9.17, 15) is 12.8 Å². The number of nitrogens with one attached hydrogen (secondary N) is 1. The van der Waals surface area contributed by atoms with Crippen LogP contribution in [-0.2, 0) is 16.4 Å². The highest BCUT2D eigenvalue weighted by Crippen LogP contribution is 2.22. The molecule has 1 N–H and O–H groups in total. The van der Waals surface area contributed by atoms with Gasteiger partial charge >= 0.3 is 0 Å². The number of hydrogen-bond acceptors (Lipinski definition) is 2. The third kappa shape index (κ3) is 4.21. The van der Waals surface area contributed by atoms with E-state index in [1.54, 1.807) is 24.3 Å². The van der Waals surface area contributed by atoms with Gasteiger partial charge in [0.25, 0.3) is 10.0 Å². The Balaban J connectivity index is 2.20. The summed E-state index contributed by atoms with van der Waals surface area (Å²) in [7, 11) is -3.72. The van der Waals surface area contributed by atoms with Crippen LogP contribution in [-0.4, -0.2) is 8.42 Å². The molecule has 0 aliphatic heterocycles. The van der Waals surface area contributed by atoms with Gasteiger partial charge in [0.15, 0.2) is 0 Å². The molecule has 0 saturated heterocycles. The van der Waals surface area contributed by atoms with Gasteiger partial charge in [0.1, 0.15) is 5.82 Å². The average molecular weight is 342 g/mol. The SMILES string of the molecule is CC(C)Cc1ccc(S(=O)(=O)Nc2ccc(F)c(Cl)c2)cc1. The first kappa shape index (κ1) is 16.8. The Morgan fingerprint density at radius 3 is 2.32 bits per heavy atom. The van der Waals surface area contributed by atoms with Gasteiger partial charge in [0.2, 0.25) is 0 Å². The first-order valence-electron chi connectivity index (χ1n) is 6.85. The normalized spacial score (nSPS) is 11.7. The Morgan fingerprint density at radius 1 is 1.14 bits per heavy atom. The second-order valence-corrected chi connectivity index (χ2v) is 7.57. The summed E-state index contributed by atoms with van der Waals surface area (Å²) in [6, 6.07) is 10.4. The fourth-order valence-corrected chi connectivity index (χ4v) is 3.28. The van der Waals surface area contributed by atoms with E-state index < -0.39 is 15.8 Å². The monoisotopic (exact) mass is 341 g/mol. The van der Waals surface area contributed by atoms with Crippen LogP contribution >= 0.6 is 11.6 Å². The van der Waals surface area contributed by atoms with Gasteiger partial charge in [-0.15, -0.1) is 0 Å². The highest BCUT2D eigenvalue weighted by atomic mass is 35.5. The molecule has 0 unspecified atom stereocenters. The van der Waals surface area contributed by atoms with Gasteiger partial charge in [0, 0.05) is 0 Å². The maximum absolute atomic E-state index is 13.1. The predicted octanol–water partition coefficient (Wildman–Crippen LogP) is 4.48. The maximum atomic E-state index is 13.1. The molecule has 0 aromatic heterocycles. The molecule has 0 bridgehead atoms. The molecular weight excluding hydrogens is 325 g/mol. The van der Waals surface area contributed by atoms with Gasteiger partial charge in [0.05, 0.1) is 15.6 Å². The Kier molecular flexibility index (Phi) is 5.08.